The van der Waals surface area contributed by atoms with Gasteiger partial charge in [0.1, 0.15) is 5.75 Å². The van der Waals surface area contributed by atoms with E-state index in [0.29, 0.717) is 11.4 Å². The first-order valence-electron chi connectivity index (χ1n) is 8.83. The molecule has 0 spiro atoms. The first-order chi connectivity index (χ1) is 13.5. The van der Waals surface area contributed by atoms with Crippen LogP contribution in [-0.2, 0) is 0 Å². The molecule has 0 radical (unpaired) electrons. The number of amides is 1. The molecule has 0 aliphatic carbocycles. The smallest absolute Gasteiger partial charge is 0.312 e. The van der Waals surface area contributed by atoms with Gasteiger partial charge in [-0.1, -0.05) is 50.8 Å². The van der Waals surface area contributed by atoms with Crippen molar-refractivity contribution in [3.63, 3.8) is 0 Å². The Balaban J connectivity index is 0.00000190. The maximum Gasteiger partial charge on any atom is 0.312 e. The normalized spacial score (nSPS) is 10.6. The number of allylic oxidation sites excluding steroid dienone is 4. The quantitative estimate of drug-likeness (QED) is 0.374. The summed E-state index contributed by atoms with van der Waals surface area (Å²) in [5.41, 5.74) is 0.387. The summed E-state index contributed by atoms with van der Waals surface area (Å²) in [6.45, 7) is 9.39. The Morgan fingerprint density at radius 3 is 2.43 bits per heavy atom. The summed E-state index contributed by atoms with van der Waals surface area (Å²) < 4.78 is 5.55. The maximum absolute atomic E-state index is 12.4. The Morgan fingerprint density at radius 2 is 1.86 bits per heavy atom. The maximum atomic E-state index is 12.4. The molecule has 0 heterocycles. The van der Waals surface area contributed by atoms with Crippen molar-refractivity contribution in [2.45, 2.75) is 20.8 Å². The molecule has 1 N–H and O–H groups in total. The van der Waals surface area contributed by atoms with Crippen LogP contribution in [0.25, 0.3) is 0 Å². The number of para-hydroxylation sites is 1. The molecule has 0 unspecified atom stereocenters. The SMILES string of the molecule is C=C/C=C(\C=C/C)NC(=O)c1ccc(Oc2ccccc2)c([N+](=O)[O-])c1.CC. The highest BCUT2D eigenvalue weighted by atomic mass is 16.6. The van der Waals surface area contributed by atoms with Gasteiger partial charge in [0, 0.05) is 17.3 Å². The minimum Gasteiger partial charge on any atom is -0.450 e. The number of carbonyl (C=O) groups excluding carboxylic acids is 1. The second-order valence-corrected chi connectivity index (χ2v) is 5.17. The van der Waals surface area contributed by atoms with Gasteiger partial charge in [-0.3, -0.25) is 14.9 Å². The number of nitro benzene ring substituents is 1. The summed E-state index contributed by atoms with van der Waals surface area (Å²) in [6, 6.07) is 12.8. The predicted molar refractivity (Wildman–Crippen MR) is 112 cm³/mol. The minimum absolute atomic E-state index is 0.0630. The van der Waals surface area contributed by atoms with Crippen molar-refractivity contribution >= 4 is 11.6 Å². The fourth-order valence-corrected chi connectivity index (χ4v) is 2.15. The van der Waals surface area contributed by atoms with E-state index in [1.165, 1.54) is 24.3 Å². The third-order valence-electron chi connectivity index (χ3n) is 3.29. The summed E-state index contributed by atoms with van der Waals surface area (Å²) in [5, 5.41) is 14.0. The average molecular weight is 380 g/mol. The summed E-state index contributed by atoms with van der Waals surface area (Å²) in [6.07, 6.45) is 6.61. The molecule has 6 nitrogen and oxygen atoms in total. The van der Waals surface area contributed by atoms with Crippen molar-refractivity contribution in [1.82, 2.24) is 5.32 Å². The number of rotatable bonds is 7. The van der Waals surface area contributed by atoms with E-state index in [1.54, 1.807) is 42.5 Å². The van der Waals surface area contributed by atoms with Crippen molar-refractivity contribution < 1.29 is 14.5 Å². The number of carbonyl (C=O) groups is 1. The van der Waals surface area contributed by atoms with Crippen LogP contribution < -0.4 is 10.1 Å². The summed E-state index contributed by atoms with van der Waals surface area (Å²) in [7, 11) is 0. The number of hydrogen-bond acceptors (Lipinski definition) is 4. The van der Waals surface area contributed by atoms with Gasteiger partial charge in [0.05, 0.1) is 4.92 Å². The topological polar surface area (TPSA) is 81.5 Å². The number of nitrogens with zero attached hydrogens (tertiary/aromatic N) is 1. The Morgan fingerprint density at radius 1 is 1.18 bits per heavy atom. The van der Waals surface area contributed by atoms with Crippen LogP contribution in [0.4, 0.5) is 5.69 Å². The lowest BCUT2D eigenvalue weighted by atomic mass is 10.1. The lowest BCUT2D eigenvalue weighted by Gasteiger charge is -2.09. The van der Waals surface area contributed by atoms with Crippen molar-refractivity contribution in [1.29, 1.82) is 0 Å². The van der Waals surface area contributed by atoms with E-state index >= 15 is 0 Å². The van der Waals surface area contributed by atoms with Crippen LogP contribution in [0.15, 0.2) is 85.1 Å². The molecule has 0 fully saturated rings. The molecule has 28 heavy (non-hydrogen) atoms. The predicted octanol–water partition coefficient (Wildman–Crippen LogP) is 5.79. The van der Waals surface area contributed by atoms with E-state index in [4.69, 9.17) is 4.74 Å². The summed E-state index contributed by atoms with van der Waals surface area (Å²) in [5.74, 6) is 0.0655. The van der Waals surface area contributed by atoms with Crippen LogP contribution in [-0.4, -0.2) is 10.8 Å². The molecule has 0 saturated carbocycles. The second kappa shape index (κ2) is 11.9. The molecule has 146 valence electrons. The number of hydrogen-bond donors (Lipinski definition) is 1. The van der Waals surface area contributed by atoms with Crippen LogP contribution in [0.3, 0.4) is 0 Å². The molecule has 0 saturated heterocycles. The number of benzene rings is 2. The molecule has 0 bridgehead atoms. The highest BCUT2D eigenvalue weighted by Gasteiger charge is 2.19. The second-order valence-electron chi connectivity index (χ2n) is 5.17. The monoisotopic (exact) mass is 380 g/mol. The van der Waals surface area contributed by atoms with E-state index in [-0.39, 0.29) is 17.0 Å². The average Bonchev–Trinajstić information content (AvgIpc) is 2.70. The van der Waals surface area contributed by atoms with Crippen LogP contribution in [0.2, 0.25) is 0 Å². The van der Waals surface area contributed by atoms with Crippen molar-refractivity contribution in [2.24, 2.45) is 0 Å². The fourth-order valence-electron chi connectivity index (χ4n) is 2.15. The van der Waals surface area contributed by atoms with Gasteiger partial charge in [0.25, 0.3) is 5.91 Å². The third kappa shape index (κ3) is 6.57. The Labute approximate surface area is 165 Å². The first kappa shape index (κ1) is 22.4. The van der Waals surface area contributed by atoms with Crippen LogP contribution >= 0.6 is 0 Å². The van der Waals surface area contributed by atoms with E-state index in [2.05, 4.69) is 11.9 Å². The first-order valence-corrected chi connectivity index (χ1v) is 8.83. The van der Waals surface area contributed by atoms with Crippen molar-refractivity contribution in [3.05, 3.63) is 101 Å². The van der Waals surface area contributed by atoms with Gasteiger partial charge in [0.15, 0.2) is 0 Å². The number of nitro groups is 1. The molecule has 2 aromatic rings. The van der Waals surface area contributed by atoms with Crippen LogP contribution in [0.5, 0.6) is 11.5 Å². The van der Waals surface area contributed by atoms with Gasteiger partial charge < -0.3 is 10.1 Å². The molecule has 1 amide bonds. The van der Waals surface area contributed by atoms with Gasteiger partial charge in [0.2, 0.25) is 5.75 Å². The fraction of sp³-hybridized carbons (Fsp3) is 0.136. The van der Waals surface area contributed by atoms with E-state index < -0.39 is 10.8 Å². The Kier molecular flexibility index (Phi) is 9.47. The largest absolute Gasteiger partial charge is 0.450 e. The molecular formula is C22H24N2O4. The molecule has 0 aliphatic heterocycles. The minimum atomic E-state index is -0.582. The van der Waals surface area contributed by atoms with Crippen molar-refractivity contribution in [3.8, 4) is 11.5 Å². The zero-order chi connectivity index (χ0) is 20.9. The molecule has 2 rings (SSSR count). The molecule has 0 aliphatic rings. The lowest BCUT2D eigenvalue weighted by Crippen LogP contribution is -2.21. The lowest BCUT2D eigenvalue weighted by molar-refractivity contribution is -0.385. The third-order valence-corrected chi connectivity index (χ3v) is 3.29. The van der Waals surface area contributed by atoms with Crippen molar-refractivity contribution in [2.75, 3.05) is 0 Å². The molecule has 0 aromatic heterocycles. The van der Waals surface area contributed by atoms with Crippen LogP contribution in [0, 0.1) is 10.1 Å². The van der Waals surface area contributed by atoms with E-state index in [9.17, 15) is 14.9 Å². The van der Waals surface area contributed by atoms with Gasteiger partial charge in [-0.2, -0.15) is 0 Å². The zero-order valence-corrected chi connectivity index (χ0v) is 16.2. The van der Waals surface area contributed by atoms with Gasteiger partial charge in [-0.15, -0.1) is 0 Å². The van der Waals surface area contributed by atoms with Crippen LogP contribution in [0.1, 0.15) is 31.1 Å². The standard InChI is InChI=1S/C20H18N2O4.C2H6/c1-3-8-16(9-4-2)21-20(23)15-12-13-19(18(14-15)22(24)25)26-17-10-6-5-7-11-17;1-2/h3-14H,1H2,2H3,(H,21,23);1-2H3/b9-4-,16-8+;. The highest BCUT2D eigenvalue weighted by Crippen LogP contribution is 2.32. The van der Waals surface area contributed by atoms with Gasteiger partial charge in [-0.05, 0) is 43.3 Å². The molecule has 6 heteroatoms. The number of ether oxygens (including phenoxy) is 1. The highest BCUT2D eigenvalue weighted by molar-refractivity contribution is 5.96. The summed E-state index contributed by atoms with van der Waals surface area (Å²) in [4.78, 5) is 23.2. The Hall–Kier alpha value is -3.67. The summed E-state index contributed by atoms with van der Waals surface area (Å²) >= 11 is 0. The molecule has 0 atom stereocenters. The number of nitrogens with one attached hydrogen (secondary N) is 1. The Bertz CT molecular complexity index is 871. The molecular weight excluding hydrogens is 356 g/mol. The molecule has 2 aromatic carbocycles. The van der Waals surface area contributed by atoms with Gasteiger partial charge in [-0.25, -0.2) is 0 Å². The van der Waals surface area contributed by atoms with E-state index in [0.717, 1.165) is 0 Å². The van der Waals surface area contributed by atoms with Gasteiger partial charge >= 0.3 is 5.69 Å². The zero-order valence-electron chi connectivity index (χ0n) is 16.2. The van der Waals surface area contributed by atoms with E-state index in [1.807, 2.05) is 26.8 Å².